The Morgan fingerprint density at radius 2 is 1.78 bits per heavy atom. The van der Waals surface area contributed by atoms with Crippen molar-refractivity contribution in [3.8, 4) is 5.75 Å². The third-order valence-electron chi connectivity index (χ3n) is 4.36. The van der Waals surface area contributed by atoms with Gasteiger partial charge in [0, 0.05) is 43.9 Å². The van der Waals surface area contributed by atoms with Crippen molar-refractivity contribution >= 4 is 34.8 Å². The Hall–Kier alpha value is -1.86. The molecular formula is C19H22Cl2N4O2. The quantitative estimate of drug-likeness (QED) is 0.713. The van der Waals surface area contributed by atoms with Crippen LogP contribution < -0.4 is 10.1 Å². The predicted molar refractivity (Wildman–Crippen MR) is 108 cm³/mol. The van der Waals surface area contributed by atoms with Gasteiger partial charge in [-0.15, -0.1) is 0 Å². The first-order chi connectivity index (χ1) is 13.1. The molecule has 0 unspecified atom stereocenters. The molecule has 8 heteroatoms. The van der Waals surface area contributed by atoms with Crippen LogP contribution in [0.1, 0.15) is 0 Å². The monoisotopic (exact) mass is 408 g/mol. The van der Waals surface area contributed by atoms with Crippen molar-refractivity contribution in [2.24, 2.45) is 0 Å². The van der Waals surface area contributed by atoms with Gasteiger partial charge in [0.25, 0.3) is 0 Å². The third-order valence-corrected chi connectivity index (χ3v) is 4.91. The first kappa shape index (κ1) is 19.9. The van der Waals surface area contributed by atoms with Crippen molar-refractivity contribution in [2.45, 2.75) is 0 Å². The number of nitrogens with zero attached hydrogens (tertiary/aromatic N) is 3. The number of hydrogen-bond acceptors (Lipinski definition) is 5. The summed E-state index contributed by atoms with van der Waals surface area (Å²) >= 11 is 11.8. The average Bonchev–Trinajstić information content (AvgIpc) is 2.67. The number of carbonyl (C=O) groups excluding carboxylic acids is 1. The second-order valence-corrected chi connectivity index (χ2v) is 7.10. The fourth-order valence-corrected chi connectivity index (χ4v) is 3.16. The van der Waals surface area contributed by atoms with E-state index in [0.29, 0.717) is 29.0 Å². The van der Waals surface area contributed by atoms with Crippen molar-refractivity contribution in [1.29, 1.82) is 0 Å². The van der Waals surface area contributed by atoms with Crippen molar-refractivity contribution in [3.05, 3.63) is 52.8 Å². The van der Waals surface area contributed by atoms with Gasteiger partial charge in [-0.2, -0.15) is 0 Å². The van der Waals surface area contributed by atoms with Gasteiger partial charge < -0.3 is 10.1 Å². The van der Waals surface area contributed by atoms with E-state index >= 15 is 0 Å². The summed E-state index contributed by atoms with van der Waals surface area (Å²) in [5.74, 6) is 0.744. The van der Waals surface area contributed by atoms with Crippen LogP contribution in [0.5, 0.6) is 5.75 Å². The van der Waals surface area contributed by atoms with Gasteiger partial charge in [-0.05, 0) is 36.4 Å². The van der Waals surface area contributed by atoms with Crippen LogP contribution >= 0.6 is 23.2 Å². The van der Waals surface area contributed by atoms with Crippen LogP contribution in [0, 0.1) is 0 Å². The lowest BCUT2D eigenvalue weighted by Crippen LogP contribution is -2.49. The van der Waals surface area contributed by atoms with Crippen molar-refractivity contribution in [1.82, 2.24) is 14.8 Å². The standard InChI is InChI=1S/C19H22Cl2N4O2/c20-15-3-5-16(6-4-15)27-13-12-24-8-10-25(11-9-24)14-18(26)23-17-2-1-7-22-19(17)21/h1-7H,8-14H2,(H,23,26). The van der Waals surface area contributed by atoms with Crippen LogP contribution in [0.4, 0.5) is 5.69 Å². The number of carbonyl (C=O) groups is 1. The number of aromatic nitrogens is 1. The molecule has 1 saturated heterocycles. The molecular weight excluding hydrogens is 387 g/mol. The molecule has 0 atom stereocenters. The zero-order valence-electron chi connectivity index (χ0n) is 14.9. The van der Waals surface area contributed by atoms with Crippen molar-refractivity contribution in [3.63, 3.8) is 0 Å². The molecule has 0 radical (unpaired) electrons. The van der Waals surface area contributed by atoms with Crippen LogP contribution in [-0.2, 0) is 4.79 Å². The normalized spacial score (nSPS) is 15.5. The summed E-state index contributed by atoms with van der Waals surface area (Å²) in [6, 6.07) is 10.9. The lowest BCUT2D eigenvalue weighted by Gasteiger charge is -2.34. The molecule has 1 aromatic carbocycles. The van der Waals surface area contributed by atoms with Gasteiger partial charge in [-0.1, -0.05) is 23.2 Å². The number of anilines is 1. The Labute approximate surface area is 169 Å². The number of amides is 1. The number of benzene rings is 1. The molecule has 144 valence electrons. The average molecular weight is 409 g/mol. The van der Waals surface area contributed by atoms with Gasteiger partial charge in [0.05, 0.1) is 12.2 Å². The number of halogens is 2. The molecule has 27 heavy (non-hydrogen) atoms. The van der Waals surface area contributed by atoms with Crippen molar-refractivity contribution < 1.29 is 9.53 Å². The summed E-state index contributed by atoms with van der Waals surface area (Å²) in [4.78, 5) is 20.6. The third kappa shape index (κ3) is 6.36. The van der Waals surface area contributed by atoms with Gasteiger partial charge in [0.15, 0.2) is 5.15 Å². The van der Waals surface area contributed by atoms with E-state index < -0.39 is 0 Å². The fourth-order valence-electron chi connectivity index (χ4n) is 2.87. The van der Waals surface area contributed by atoms with E-state index in [1.165, 1.54) is 0 Å². The molecule has 2 heterocycles. The number of rotatable bonds is 7. The molecule has 6 nitrogen and oxygen atoms in total. The molecule has 1 aliphatic rings. The minimum absolute atomic E-state index is 0.0792. The first-order valence-electron chi connectivity index (χ1n) is 8.83. The first-order valence-corrected chi connectivity index (χ1v) is 9.59. The molecule has 1 N–H and O–H groups in total. The maximum absolute atomic E-state index is 12.2. The SMILES string of the molecule is O=C(CN1CCN(CCOc2ccc(Cl)cc2)CC1)Nc1cccnc1Cl. The highest BCUT2D eigenvalue weighted by Gasteiger charge is 2.19. The summed E-state index contributed by atoms with van der Waals surface area (Å²) in [6.45, 7) is 5.33. The smallest absolute Gasteiger partial charge is 0.238 e. The number of hydrogen-bond donors (Lipinski definition) is 1. The molecule has 1 aliphatic heterocycles. The number of piperazine rings is 1. The predicted octanol–water partition coefficient (Wildman–Crippen LogP) is 3.02. The number of ether oxygens (including phenoxy) is 1. The van der Waals surface area contributed by atoms with Crippen LogP contribution in [0.25, 0.3) is 0 Å². The summed E-state index contributed by atoms with van der Waals surface area (Å²) in [7, 11) is 0. The van der Waals surface area contributed by atoms with Crippen LogP contribution in [0.2, 0.25) is 10.2 Å². The van der Waals surface area contributed by atoms with Gasteiger partial charge in [0.2, 0.25) is 5.91 Å². The molecule has 0 bridgehead atoms. The van der Waals surface area contributed by atoms with E-state index in [9.17, 15) is 4.79 Å². The molecule has 0 spiro atoms. The summed E-state index contributed by atoms with van der Waals surface area (Å²) in [5, 5.41) is 3.81. The second kappa shape index (κ2) is 9.90. The highest BCUT2D eigenvalue weighted by atomic mass is 35.5. The Balaban J connectivity index is 1.34. The Morgan fingerprint density at radius 1 is 1.07 bits per heavy atom. The number of pyridine rings is 1. The Bertz CT molecular complexity index is 750. The highest BCUT2D eigenvalue weighted by Crippen LogP contribution is 2.17. The van der Waals surface area contributed by atoms with E-state index in [0.717, 1.165) is 38.5 Å². The molecule has 0 saturated carbocycles. The van der Waals surface area contributed by atoms with E-state index in [4.69, 9.17) is 27.9 Å². The maximum atomic E-state index is 12.2. The summed E-state index contributed by atoms with van der Waals surface area (Å²) < 4.78 is 5.74. The minimum atomic E-state index is -0.0792. The summed E-state index contributed by atoms with van der Waals surface area (Å²) in [6.07, 6.45) is 1.59. The minimum Gasteiger partial charge on any atom is -0.492 e. The molecule has 3 rings (SSSR count). The van der Waals surface area contributed by atoms with E-state index in [-0.39, 0.29) is 5.91 Å². The van der Waals surface area contributed by atoms with Crippen LogP contribution in [0.15, 0.2) is 42.6 Å². The van der Waals surface area contributed by atoms with Crippen LogP contribution in [-0.4, -0.2) is 66.6 Å². The van der Waals surface area contributed by atoms with Gasteiger partial charge in [0.1, 0.15) is 12.4 Å². The topological polar surface area (TPSA) is 57.7 Å². The van der Waals surface area contributed by atoms with Crippen LogP contribution in [0.3, 0.4) is 0 Å². The van der Waals surface area contributed by atoms with E-state index in [2.05, 4.69) is 20.1 Å². The van der Waals surface area contributed by atoms with E-state index in [1.54, 1.807) is 18.3 Å². The van der Waals surface area contributed by atoms with Gasteiger partial charge in [-0.25, -0.2) is 4.98 Å². The zero-order chi connectivity index (χ0) is 19.1. The summed E-state index contributed by atoms with van der Waals surface area (Å²) in [5.41, 5.74) is 0.544. The Morgan fingerprint density at radius 3 is 2.48 bits per heavy atom. The van der Waals surface area contributed by atoms with E-state index in [1.807, 2.05) is 24.3 Å². The number of nitrogens with one attached hydrogen (secondary N) is 1. The lowest BCUT2D eigenvalue weighted by atomic mass is 10.3. The van der Waals surface area contributed by atoms with Gasteiger partial charge >= 0.3 is 0 Å². The molecule has 1 amide bonds. The second-order valence-electron chi connectivity index (χ2n) is 6.31. The largest absolute Gasteiger partial charge is 0.492 e. The van der Waals surface area contributed by atoms with Gasteiger partial charge in [-0.3, -0.25) is 14.6 Å². The fraction of sp³-hybridized carbons (Fsp3) is 0.368. The molecule has 1 aromatic heterocycles. The lowest BCUT2D eigenvalue weighted by molar-refractivity contribution is -0.117. The highest BCUT2D eigenvalue weighted by molar-refractivity contribution is 6.32. The Kier molecular flexibility index (Phi) is 7.29. The molecule has 1 fully saturated rings. The molecule has 2 aromatic rings. The zero-order valence-corrected chi connectivity index (χ0v) is 16.4. The maximum Gasteiger partial charge on any atom is 0.238 e. The molecule has 0 aliphatic carbocycles. The van der Waals surface area contributed by atoms with Crippen molar-refractivity contribution in [2.75, 3.05) is 51.2 Å².